The van der Waals surface area contributed by atoms with Gasteiger partial charge in [0.25, 0.3) is 0 Å². The first kappa shape index (κ1) is 11.2. The van der Waals surface area contributed by atoms with Crippen molar-refractivity contribution in [3.63, 3.8) is 0 Å². The Bertz CT molecular complexity index is 344. The first-order chi connectivity index (χ1) is 7.13. The van der Waals surface area contributed by atoms with Crippen LogP contribution in [0.3, 0.4) is 0 Å². The van der Waals surface area contributed by atoms with Gasteiger partial charge in [0.15, 0.2) is 5.13 Å². The lowest BCUT2D eigenvalue weighted by Gasteiger charge is -2.39. The molecule has 3 nitrogen and oxygen atoms in total. The normalized spacial score (nSPS) is 27.0. The Labute approximate surface area is 99.0 Å². The first-order valence-corrected chi connectivity index (χ1v) is 6.30. The van der Waals surface area contributed by atoms with Crippen molar-refractivity contribution >= 4 is 28.1 Å². The van der Waals surface area contributed by atoms with Crippen LogP contribution in [0.4, 0.5) is 5.13 Å². The maximum atomic E-state index is 5.83. The van der Waals surface area contributed by atoms with Crippen molar-refractivity contribution in [2.24, 2.45) is 0 Å². The number of hydrogen-bond acceptors (Lipinski definition) is 4. The molecule has 1 aliphatic rings. The van der Waals surface area contributed by atoms with Gasteiger partial charge in [0.2, 0.25) is 0 Å². The molecule has 15 heavy (non-hydrogen) atoms. The average molecular weight is 247 g/mol. The van der Waals surface area contributed by atoms with Gasteiger partial charge in [-0.3, -0.25) is 0 Å². The predicted octanol–water partition coefficient (Wildman–Crippen LogP) is 2.80. The Kier molecular flexibility index (Phi) is 3.19. The molecule has 0 bridgehead atoms. The van der Waals surface area contributed by atoms with Crippen molar-refractivity contribution in [2.45, 2.75) is 25.4 Å². The zero-order valence-electron chi connectivity index (χ0n) is 8.99. The molecule has 1 unspecified atom stereocenters. The van der Waals surface area contributed by atoms with Crippen molar-refractivity contribution in [1.82, 2.24) is 4.98 Å². The number of anilines is 1. The van der Waals surface area contributed by atoms with Crippen molar-refractivity contribution < 1.29 is 4.74 Å². The summed E-state index contributed by atoms with van der Waals surface area (Å²) in [4.78, 5) is 6.54. The summed E-state index contributed by atoms with van der Waals surface area (Å²) in [7, 11) is 1.78. The average Bonchev–Trinajstić information content (AvgIpc) is 2.65. The zero-order valence-corrected chi connectivity index (χ0v) is 10.6. The fourth-order valence-electron chi connectivity index (χ4n) is 1.93. The third kappa shape index (κ3) is 2.44. The number of thiazole rings is 1. The summed E-state index contributed by atoms with van der Waals surface area (Å²) in [6, 6.07) is 0. The van der Waals surface area contributed by atoms with Crippen LogP contribution >= 0.6 is 22.9 Å². The highest BCUT2D eigenvalue weighted by atomic mass is 35.5. The second kappa shape index (κ2) is 4.28. The third-order valence-corrected chi connectivity index (χ3v) is 4.11. The highest BCUT2D eigenvalue weighted by molar-refractivity contribution is 7.14. The number of halogens is 1. The molecule has 2 heterocycles. The Hall–Kier alpha value is -0.320. The summed E-state index contributed by atoms with van der Waals surface area (Å²) < 4.78 is 5.54. The topological polar surface area (TPSA) is 25.4 Å². The summed E-state index contributed by atoms with van der Waals surface area (Å²) in [6.07, 6.45) is 2.25. The Balaban J connectivity index is 2.11. The molecule has 1 aromatic rings. The van der Waals surface area contributed by atoms with E-state index in [1.165, 1.54) is 0 Å². The van der Waals surface area contributed by atoms with Gasteiger partial charge in [-0.25, -0.2) is 4.98 Å². The minimum Gasteiger partial charge on any atom is -0.377 e. The molecule has 1 fully saturated rings. The van der Waals surface area contributed by atoms with Crippen LogP contribution in [0.2, 0.25) is 5.15 Å². The molecule has 0 amide bonds. The van der Waals surface area contributed by atoms with Crippen LogP contribution in [-0.2, 0) is 4.74 Å². The van der Waals surface area contributed by atoms with E-state index in [9.17, 15) is 0 Å². The van der Waals surface area contributed by atoms with Gasteiger partial charge in [0, 0.05) is 25.6 Å². The highest BCUT2D eigenvalue weighted by Gasteiger charge is 2.31. The summed E-state index contributed by atoms with van der Waals surface area (Å²) in [5.41, 5.74) is -0.0452. The fourth-order valence-corrected chi connectivity index (χ4v) is 2.90. The van der Waals surface area contributed by atoms with Gasteiger partial charge >= 0.3 is 0 Å². The van der Waals surface area contributed by atoms with Crippen LogP contribution in [0.25, 0.3) is 0 Å². The van der Waals surface area contributed by atoms with E-state index in [4.69, 9.17) is 16.3 Å². The van der Waals surface area contributed by atoms with Crippen LogP contribution in [0, 0.1) is 0 Å². The standard InChI is InChI=1S/C10H15ClN2OS/c1-10(14-2)4-3-5-13(7-10)9-12-8(11)6-15-9/h6H,3-5,7H2,1-2H3. The molecule has 0 aromatic carbocycles. The molecule has 1 aliphatic heterocycles. The molecule has 0 saturated carbocycles. The summed E-state index contributed by atoms with van der Waals surface area (Å²) >= 11 is 7.42. The van der Waals surface area contributed by atoms with Crippen LogP contribution < -0.4 is 4.90 Å². The maximum Gasteiger partial charge on any atom is 0.186 e. The molecule has 0 spiro atoms. The van der Waals surface area contributed by atoms with Gasteiger partial charge in [-0.15, -0.1) is 11.3 Å². The predicted molar refractivity (Wildman–Crippen MR) is 64.0 cm³/mol. The van der Waals surface area contributed by atoms with E-state index in [1.54, 1.807) is 18.4 Å². The van der Waals surface area contributed by atoms with Crippen LogP contribution in [-0.4, -0.2) is 30.8 Å². The second-order valence-electron chi connectivity index (χ2n) is 4.13. The van der Waals surface area contributed by atoms with E-state index >= 15 is 0 Å². The molecule has 84 valence electrons. The van der Waals surface area contributed by atoms with E-state index in [-0.39, 0.29) is 5.60 Å². The number of nitrogens with zero attached hydrogens (tertiary/aromatic N) is 2. The molecule has 1 saturated heterocycles. The van der Waals surface area contributed by atoms with Crippen LogP contribution in [0.5, 0.6) is 0 Å². The molecular weight excluding hydrogens is 232 g/mol. The number of ether oxygens (including phenoxy) is 1. The molecule has 0 N–H and O–H groups in total. The lowest BCUT2D eigenvalue weighted by Crippen LogP contribution is -2.47. The van der Waals surface area contributed by atoms with Crippen LogP contribution in [0.1, 0.15) is 19.8 Å². The molecule has 2 rings (SSSR count). The number of aromatic nitrogens is 1. The van der Waals surface area contributed by atoms with Crippen molar-refractivity contribution in [3.8, 4) is 0 Å². The molecule has 0 radical (unpaired) electrons. The Morgan fingerprint density at radius 3 is 3.07 bits per heavy atom. The zero-order chi connectivity index (χ0) is 10.9. The van der Waals surface area contributed by atoms with E-state index in [2.05, 4.69) is 16.8 Å². The van der Waals surface area contributed by atoms with Gasteiger partial charge in [-0.05, 0) is 19.8 Å². The van der Waals surface area contributed by atoms with Gasteiger partial charge in [-0.1, -0.05) is 11.6 Å². The van der Waals surface area contributed by atoms with E-state index < -0.39 is 0 Å². The quantitative estimate of drug-likeness (QED) is 0.803. The van der Waals surface area contributed by atoms with Crippen molar-refractivity contribution in [3.05, 3.63) is 10.5 Å². The monoisotopic (exact) mass is 246 g/mol. The minimum atomic E-state index is -0.0452. The number of piperidine rings is 1. The molecular formula is C10H15ClN2OS. The van der Waals surface area contributed by atoms with E-state index in [1.807, 2.05) is 5.38 Å². The molecule has 1 aromatic heterocycles. The molecule has 5 heteroatoms. The van der Waals surface area contributed by atoms with Crippen molar-refractivity contribution in [2.75, 3.05) is 25.1 Å². The maximum absolute atomic E-state index is 5.83. The van der Waals surface area contributed by atoms with Gasteiger partial charge in [-0.2, -0.15) is 0 Å². The summed E-state index contributed by atoms with van der Waals surface area (Å²) in [6.45, 7) is 4.09. The smallest absolute Gasteiger partial charge is 0.186 e. The van der Waals surface area contributed by atoms with E-state index in [0.29, 0.717) is 5.15 Å². The lowest BCUT2D eigenvalue weighted by atomic mass is 9.95. The lowest BCUT2D eigenvalue weighted by molar-refractivity contribution is -0.00466. The number of rotatable bonds is 2. The molecule has 1 atom stereocenters. The van der Waals surface area contributed by atoms with Gasteiger partial charge < -0.3 is 9.64 Å². The largest absolute Gasteiger partial charge is 0.377 e. The third-order valence-electron chi connectivity index (χ3n) is 2.89. The van der Waals surface area contributed by atoms with E-state index in [0.717, 1.165) is 31.1 Å². The highest BCUT2D eigenvalue weighted by Crippen LogP contribution is 2.30. The second-order valence-corrected chi connectivity index (χ2v) is 5.36. The first-order valence-electron chi connectivity index (χ1n) is 5.04. The fraction of sp³-hybridized carbons (Fsp3) is 0.700. The Morgan fingerprint density at radius 1 is 1.67 bits per heavy atom. The number of methoxy groups -OCH3 is 1. The minimum absolute atomic E-state index is 0.0452. The molecule has 0 aliphatic carbocycles. The Morgan fingerprint density at radius 2 is 2.47 bits per heavy atom. The SMILES string of the molecule is COC1(C)CCCN(c2nc(Cl)cs2)C1. The number of hydrogen-bond donors (Lipinski definition) is 0. The summed E-state index contributed by atoms with van der Waals surface area (Å²) in [5.74, 6) is 0. The van der Waals surface area contributed by atoms with Gasteiger partial charge in [0.05, 0.1) is 5.60 Å². The van der Waals surface area contributed by atoms with Crippen LogP contribution in [0.15, 0.2) is 5.38 Å². The van der Waals surface area contributed by atoms with Gasteiger partial charge in [0.1, 0.15) is 5.15 Å². The summed E-state index contributed by atoms with van der Waals surface area (Å²) in [5, 5.41) is 3.46. The van der Waals surface area contributed by atoms with Crippen molar-refractivity contribution in [1.29, 1.82) is 0 Å².